The maximum Gasteiger partial charge on any atom is 0.318 e. The number of carbonyl (C=O) groups excluding carboxylic acids is 1. The Kier molecular flexibility index (Phi) is 3.59. The quantitative estimate of drug-likeness (QED) is 0.683. The number of anilines is 2. The summed E-state index contributed by atoms with van der Waals surface area (Å²) < 4.78 is 0. The lowest BCUT2D eigenvalue weighted by Crippen LogP contribution is -2.24. The van der Waals surface area contributed by atoms with E-state index in [2.05, 4.69) is 32.0 Å². The normalized spacial score (nSPS) is 15.2. The van der Waals surface area contributed by atoms with Crippen molar-refractivity contribution in [1.82, 2.24) is 15.3 Å². The Balaban J connectivity index is 1.95. The van der Waals surface area contributed by atoms with Gasteiger partial charge in [-0.1, -0.05) is 0 Å². The number of amides is 2. The van der Waals surface area contributed by atoms with Gasteiger partial charge in [-0.3, -0.25) is 0 Å². The first-order valence-electron chi connectivity index (χ1n) is 6.82. The minimum atomic E-state index is -0.224. The zero-order chi connectivity index (χ0) is 14.7. The van der Waals surface area contributed by atoms with E-state index in [0.717, 1.165) is 35.6 Å². The predicted octanol–water partition coefficient (Wildman–Crippen LogP) is 2.52. The Morgan fingerprint density at radius 2 is 2.33 bits per heavy atom. The number of urea groups is 1. The number of benzene rings is 1. The second-order valence-corrected chi connectivity index (χ2v) is 4.82. The third-order valence-corrected chi connectivity index (χ3v) is 3.41. The number of hydrogen-bond acceptors (Lipinski definition) is 3. The van der Waals surface area contributed by atoms with Crippen LogP contribution >= 0.6 is 0 Å². The summed E-state index contributed by atoms with van der Waals surface area (Å²) in [6.07, 6.45) is 6.48. The summed E-state index contributed by atoms with van der Waals surface area (Å²) in [7, 11) is 1.60. The second kappa shape index (κ2) is 5.70. The molecule has 0 atom stereocenters. The summed E-state index contributed by atoms with van der Waals surface area (Å²) in [6, 6.07) is 5.64. The summed E-state index contributed by atoms with van der Waals surface area (Å²) in [5.74, 6) is 0. The first-order valence-corrected chi connectivity index (χ1v) is 6.82. The number of aromatic nitrogens is 2. The number of fused-ring (bicyclic) bond motifs is 1. The van der Waals surface area contributed by atoms with Gasteiger partial charge in [0.25, 0.3) is 0 Å². The summed E-state index contributed by atoms with van der Waals surface area (Å²) >= 11 is 0. The first-order chi connectivity index (χ1) is 10.3. The monoisotopic (exact) mass is 283 g/mol. The number of imidazole rings is 1. The van der Waals surface area contributed by atoms with Gasteiger partial charge in [-0.25, -0.2) is 9.78 Å². The fourth-order valence-electron chi connectivity index (χ4n) is 2.39. The van der Waals surface area contributed by atoms with E-state index in [1.807, 2.05) is 18.2 Å². The van der Waals surface area contributed by atoms with Crippen molar-refractivity contribution in [2.45, 2.75) is 6.42 Å². The van der Waals surface area contributed by atoms with Crippen LogP contribution in [0, 0.1) is 0 Å². The fraction of sp³-hybridized carbons (Fsp3) is 0.200. The van der Waals surface area contributed by atoms with Crippen LogP contribution in [0.5, 0.6) is 0 Å². The maximum absolute atomic E-state index is 11.4. The molecule has 0 unspecified atom stereocenters. The number of rotatable bonds is 2. The Bertz CT molecular complexity index is 675. The Morgan fingerprint density at radius 1 is 1.43 bits per heavy atom. The lowest BCUT2D eigenvalue weighted by molar-refractivity contribution is 0.254. The maximum atomic E-state index is 11.4. The van der Waals surface area contributed by atoms with Crippen molar-refractivity contribution in [2.24, 2.45) is 0 Å². The van der Waals surface area contributed by atoms with Crippen molar-refractivity contribution >= 4 is 29.1 Å². The Hall–Kier alpha value is -2.76. The molecular formula is C15H17N5O. The molecular weight excluding hydrogens is 266 g/mol. The van der Waals surface area contributed by atoms with Crippen LogP contribution in [-0.2, 0) is 0 Å². The van der Waals surface area contributed by atoms with Gasteiger partial charge in [0.1, 0.15) is 0 Å². The van der Waals surface area contributed by atoms with Crippen molar-refractivity contribution in [3.8, 4) is 0 Å². The van der Waals surface area contributed by atoms with Gasteiger partial charge < -0.3 is 20.9 Å². The number of H-pyrrole nitrogens is 1. The van der Waals surface area contributed by atoms with Crippen LogP contribution in [0.15, 0.2) is 30.7 Å². The van der Waals surface area contributed by atoms with E-state index in [4.69, 9.17) is 0 Å². The van der Waals surface area contributed by atoms with Gasteiger partial charge in [0.05, 0.1) is 18.2 Å². The van der Waals surface area contributed by atoms with Gasteiger partial charge in [-0.15, -0.1) is 0 Å². The molecule has 2 heterocycles. The average molecular weight is 283 g/mol. The van der Waals surface area contributed by atoms with E-state index in [-0.39, 0.29) is 6.03 Å². The minimum Gasteiger partial charge on any atom is -0.384 e. The smallest absolute Gasteiger partial charge is 0.318 e. The van der Waals surface area contributed by atoms with Crippen LogP contribution in [0.1, 0.15) is 17.7 Å². The molecule has 0 spiro atoms. The summed E-state index contributed by atoms with van der Waals surface area (Å²) in [5.41, 5.74) is 5.14. The average Bonchev–Trinajstić information content (AvgIpc) is 3.01. The molecule has 0 saturated heterocycles. The van der Waals surface area contributed by atoms with E-state index in [9.17, 15) is 4.79 Å². The number of aromatic amines is 1. The first kappa shape index (κ1) is 13.2. The van der Waals surface area contributed by atoms with E-state index in [1.54, 1.807) is 19.6 Å². The molecule has 6 heteroatoms. The van der Waals surface area contributed by atoms with E-state index in [1.165, 1.54) is 5.57 Å². The largest absolute Gasteiger partial charge is 0.384 e. The van der Waals surface area contributed by atoms with Gasteiger partial charge in [0.2, 0.25) is 0 Å². The van der Waals surface area contributed by atoms with Crippen LogP contribution in [-0.4, -0.2) is 29.6 Å². The van der Waals surface area contributed by atoms with E-state index in [0.29, 0.717) is 0 Å². The SMILES string of the molecule is CNC(=O)Nc1ccc2c(c1)/C(=C/c1cnc[nH]1)CCN2. The number of carbonyl (C=O) groups is 1. The zero-order valence-electron chi connectivity index (χ0n) is 11.7. The third-order valence-electron chi connectivity index (χ3n) is 3.41. The van der Waals surface area contributed by atoms with Crippen LogP contribution in [0.2, 0.25) is 0 Å². The van der Waals surface area contributed by atoms with Crippen LogP contribution in [0.3, 0.4) is 0 Å². The second-order valence-electron chi connectivity index (χ2n) is 4.82. The molecule has 0 bridgehead atoms. The van der Waals surface area contributed by atoms with Gasteiger partial charge in [-0.05, 0) is 36.3 Å². The summed E-state index contributed by atoms with van der Waals surface area (Å²) in [6.45, 7) is 0.898. The standard InChI is InChI=1S/C15H17N5O/c1-16-15(21)20-11-2-3-14-13(7-11)10(4-5-18-14)6-12-8-17-9-19-12/h2-3,6-9,18H,4-5H2,1H3,(H,17,19)(H2,16,20,21)/b10-6+. The highest BCUT2D eigenvalue weighted by Gasteiger charge is 2.15. The topological polar surface area (TPSA) is 81.8 Å². The molecule has 2 amide bonds. The van der Waals surface area contributed by atoms with Gasteiger partial charge >= 0.3 is 6.03 Å². The molecule has 0 saturated carbocycles. The summed E-state index contributed by atoms with van der Waals surface area (Å²) in [5, 5.41) is 8.72. The van der Waals surface area contributed by atoms with Gasteiger partial charge in [-0.2, -0.15) is 0 Å². The van der Waals surface area contributed by atoms with Gasteiger partial charge in [0.15, 0.2) is 0 Å². The molecule has 0 radical (unpaired) electrons. The molecule has 4 N–H and O–H groups in total. The van der Waals surface area contributed by atoms with Crippen LogP contribution in [0.25, 0.3) is 11.6 Å². The molecule has 0 fully saturated rings. The van der Waals surface area contributed by atoms with Crippen molar-refractivity contribution in [3.63, 3.8) is 0 Å². The van der Waals surface area contributed by atoms with Crippen molar-refractivity contribution in [3.05, 3.63) is 42.0 Å². The van der Waals surface area contributed by atoms with Crippen molar-refractivity contribution in [1.29, 1.82) is 0 Å². The predicted molar refractivity (Wildman–Crippen MR) is 84.1 cm³/mol. The van der Waals surface area contributed by atoms with Crippen molar-refractivity contribution in [2.75, 3.05) is 24.2 Å². The Labute approximate surface area is 122 Å². The summed E-state index contributed by atoms with van der Waals surface area (Å²) in [4.78, 5) is 18.5. The fourth-order valence-corrected chi connectivity index (χ4v) is 2.39. The van der Waals surface area contributed by atoms with Gasteiger partial charge in [0, 0.05) is 30.5 Å². The molecule has 0 aliphatic carbocycles. The number of nitrogens with zero attached hydrogens (tertiary/aromatic N) is 1. The molecule has 21 heavy (non-hydrogen) atoms. The molecule has 2 aromatic rings. The third kappa shape index (κ3) is 2.89. The Morgan fingerprint density at radius 3 is 3.10 bits per heavy atom. The molecule has 1 aliphatic heterocycles. The van der Waals surface area contributed by atoms with E-state index < -0.39 is 0 Å². The minimum absolute atomic E-state index is 0.224. The molecule has 1 aliphatic rings. The lowest BCUT2D eigenvalue weighted by Gasteiger charge is -2.22. The lowest BCUT2D eigenvalue weighted by atomic mass is 9.96. The molecule has 108 valence electrons. The number of nitrogens with one attached hydrogen (secondary N) is 4. The van der Waals surface area contributed by atoms with E-state index >= 15 is 0 Å². The zero-order valence-corrected chi connectivity index (χ0v) is 11.7. The van der Waals surface area contributed by atoms with Crippen LogP contribution < -0.4 is 16.0 Å². The van der Waals surface area contributed by atoms with Crippen molar-refractivity contribution < 1.29 is 4.79 Å². The highest BCUT2D eigenvalue weighted by molar-refractivity contribution is 5.93. The highest BCUT2D eigenvalue weighted by Crippen LogP contribution is 2.33. The molecule has 6 nitrogen and oxygen atoms in total. The number of hydrogen-bond donors (Lipinski definition) is 4. The molecule has 1 aromatic heterocycles. The molecule has 3 rings (SSSR count). The molecule has 1 aromatic carbocycles. The highest BCUT2D eigenvalue weighted by atomic mass is 16.2. The van der Waals surface area contributed by atoms with Crippen LogP contribution in [0.4, 0.5) is 16.2 Å².